The van der Waals surface area contributed by atoms with Crippen LogP contribution in [0.25, 0.3) is 5.70 Å². The van der Waals surface area contributed by atoms with Crippen LogP contribution in [0.5, 0.6) is 5.75 Å². The number of aryl methyl sites for hydroxylation is 1. The first-order valence-corrected chi connectivity index (χ1v) is 11.6. The molecular formula is C24H37N7O. The molecule has 0 radical (unpaired) electrons. The van der Waals surface area contributed by atoms with Crippen molar-refractivity contribution in [1.29, 1.82) is 0 Å². The van der Waals surface area contributed by atoms with Gasteiger partial charge in [-0.2, -0.15) is 0 Å². The second-order valence-corrected chi connectivity index (χ2v) is 8.66. The average Bonchev–Trinajstić information content (AvgIpc) is 2.80. The number of anilines is 1. The van der Waals surface area contributed by atoms with Crippen molar-refractivity contribution in [2.75, 3.05) is 18.9 Å². The number of hydrogen-bond donors (Lipinski definition) is 3. The first kappa shape index (κ1) is 23.8. The lowest BCUT2D eigenvalue weighted by Crippen LogP contribution is -2.32. The van der Waals surface area contributed by atoms with Gasteiger partial charge in [-0.3, -0.25) is 0 Å². The Hall–Kier alpha value is -2.87. The smallest absolute Gasteiger partial charge is 0.223 e. The van der Waals surface area contributed by atoms with Gasteiger partial charge in [-0.15, -0.1) is 0 Å². The van der Waals surface area contributed by atoms with Gasteiger partial charge < -0.3 is 20.8 Å². The zero-order chi connectivity index (χ0) is 23.1. The highest BCUT2D eigenvalue weighted by molar-refractivity contribution is 5.64. The van der Waals surface area contributed by atoms with Crippen LogP contribution in [0.15, 0.2) is 30.1 Å². The Morgan fingerprint density at radius 2 is 1.94 bits per heavy atom. The number of aromatic nitrogens is 3. The normalized spacial score (nSPS) is 15.4. The molecule has 2 aromatic heterocycles. The summed E-state index contributed by atoms with van der Waals surface area (Å²) in [6.45, 7) is 6.66. The monoisotopic (exact) mass is 439 g/mol. The Balaban J connectivity index is 1.79. The minimum absolute atomic E-state index is 0.283. The van der Waals surface area contributed by atoms with Crippen molar-refractivity contribution in [1.82, 2.24) is 20.0 Å². The van der Waals surface area contributed by atoms with Crippen LogP contribution in [0, 0.1) is 0 Å². The van der Waals surface area contributed by atoms with E-state index in [4.69, 9.17) is 21.3 Å². The van der Waals surface area contributed by atoms with Gasteiger partial charge in [-0.25, -0.2) is 20.8 Å². The zero-order valence-electron chi connectivity index (χ0n) is 19.8. The average molecular weight is 440 g/mol. The van der Waals surface area contributed by atoms with Gasteiger partial charge in [-0.05, 0) is 56.2 Å². The van der Waals surface area contributed by atoms with Crippen LogP contribution in [0.2, 0.25) is 0 Å². The van der Waals surface area contributed by atoms with Crippen molar-refractivity contribution in [2.45, 2.75) is 71.3 Å². The molecule has 1 fully saturated rings. The van der Waals surface area contributed by atoms with Gasteiger partial charge in [0.05, 0.1) is 35.4 Å². The SMILES string of the molecule is CCc1nc(/C(N)=C(\CNc2nccc(C(C)C)n2)N(C)N)ccc1OC1CCCCC1. The third-order valence-corrected chi connectivity index (χ3v) is 5.81. The Morgan fingerprint density at radius 1 is 1.19 bits per heavy atom. The molecule has 1 saturated carbocycles. The molecule has 8 nitrogen and oxygen atoms in total. The van der Waals surface area contributed by atoms with Gasteiger partial charge in [0.15, 0.2) is 0 Å². The molecule has 0 atom stereocenters. The summed E-state index contributed by atoms with van der Waals surface area (Å²) in [5.41, 5.74) is 10.3. The van der Waals surface area contributed by atoms with Gasteiger partial charge in [0.25, 0.3) is 0 Å². The summed E-state index contributed by atoms with van der Waals surface area (Å²) >= 11 is 0. The molecule has 0 unspecified atom stereocenters. The number of nitrogens with one attached hydrogen (secondary N) is 1. The molecule has 0 aliphatic heterocycles. The molecule has 32 heavy (non-hydrogen) atoms. The molecule has 1 aliphatic carbocycles. The fourth-order valence-corrected chi connectivity index (χ4v) is 3.86. The number of nitrogens with zero attached hydrogens (tertiary/aromatic N) is 4. The number of nitrogens with two attached hydrogens (primary N) is 2. The summed E-state index contributed by atoms with van der Waals surface area (Å²) in [7, 11) is 1.76. The van der Waals surface area contributed by atoms with E-state index in [0.29, 0.717) is 35.5 Å². The third kappa shape index (κ3) is 6.09. The van der Waals surface area contributed by atoms with Gasteiger partial charge in [0, 0.05) is 18.9 Å². The molecule has 0 saturated heterocycles. The van der Waals surface area contributed by atoms with Crippen LogP contribution in [-0.2, 0) is 6.42 Å². The molecule has 0 amide bonds. The summed E-state index contributed by atoms with van der Waals surface area (Å²) in [6.07, 6.45) is 8.80. The van der Waals surface area contributed by atoms with E-state index in [1.807, 2.05) is 18.2 Å². The molecule has 0 spiro atoms. The Labute approximate surface area is 191 Å². The lowest BCUT2D eigenvalue weighted by Gasteiger charge is -2.24. The number of pyridine rings is 1. The summed E-state index contributed by atoms with van der Waals surface area (Å²) in [6, 6.07) is 5.81. The van der Waals surface area contributed by atoms with E-state index in [-0.39, 0.29) is 6.10 Å². The van der Waals surface area contributed by atoms with Gasteiger partial charge in [0.2, 0.25) is 5.95 Å². The van der Waals surface area contributed by atoms with Crippen LogP contribution < -0.4 is 21.6 Å². The summed E-state index contributed by atoms with van der Waals surface area (Å²) in [4.78, 5) is 13.7. The van der Waals surface area contributed by atoms with Gasteiger partial charge in [-0.1, -0.05) is 27.2 Å². The highest BCUT2D eigenvalue weighted by Crippen LogP contribution is 2.27. The maximum absolute atomic E-state index is 6.51. The van der Waals surface area contributed by atoms with Crippen molar-refractivity contribution in [3.8, 4) is 5.75 Å². The molecule has 2 aromatic rings. The molecule has 2 heterocycles. The molecule has 8 heteroatoms. The highest BCUT2D eigenvalue weighted by Gasteiger charge is 2.18. The number of likely N-dealkylation sites (N-methyl/N-ethyl adjacent to an activating group) is 1. The minimum atomic E-state index is 0.283. The van der Waals surface area contributed by atoms with E-state index >= 15 is 0 Å². The first-order chi connectivity index (χ1) is 15.4. The zero-order valence-corrected chi connectivity index (χ0v) is 19.8. The molecule has 1 aliphatic rings. The fraction of sp³-hybridized carbons (Fsp3) is 0.542. The lowest BCUT2D eigenvalue weighted by atomic mass is 9.98. The summed E-state index contributed by atoms with van der Waals surface area (Å²) in [5, 5.41) is 4.74. The molecular weight excluding hydrogens is 402 g/mol. The van der Waals surface area contributed by atoms with Gasteiger partial charge >= 0.3 is 0 Å². The van der Waals surface area contributed by atoms with Crippen LogP contribution >= 0.6 is 0 Å². The number of hydrazine groups is 1. The molecule has 0 aromatic carbocycles. The van der Waals surface area contributed by atoms with E-state index in [9.17, 15) is 0 Å². The number of hydrogen-bond acceptors (Lipinski definition) is 8. The lowest BCUT2D eigenvalue weighted by molar-refractivity contribution is 0.153. The second-order valence-electron chi connectivity index (χ2n) is 8.66. The minimum Gasteiger partial charge on any atom is -0.489 e. The Kier molecular flexibility index (Phi) is 8.27. The first-order valence-electron chi connectivity index (χ1n) is 11.6. The second kappa shape index (κ2) is 11.1. The van der Waals surface area contributed by atoms with E-state index < -0.39 is 0 Å². The molecule has 3 rings (SSSR count). The fourth-order valence-electron chi connectivity index (χ4n) is 3.86. The summed E-state index contributed by atoms with van der Waals surface area (Å²) < 4.78 is 6.27. The van der Waals surface area contributed by atoms with Crippen LogP contribution in [0.3, 0.4) is 0 Å². The van der Waals surface area contributed by atoms with E-state index in [1.165, 1.54) is 24.3 Å². The molecule has 174 valence electrons. The predicted molar refractivity (Wildman–Crippen MR) is 129 cm³/mol. The van der Waals surface area contributed by atoms with Crippen molar-refractivity contribution >= 4 is 11.6 Å². The van der Waals surface area contributed by atoms with Crippen LogP contribution in [0.1, 0.15) is 75.9 Å². The maximum Gasteiger partial charge on any atom is 0.223 e. The van der Waals surface area contributed by atoms with E-state index in [0.717, 1.165) is 36.4 Å². The Morgan fingerprint density at radius 3 is 2.59 bits per heavy atom. The standard InChI is InChI=1S/C24H37N7O/c1-5-18-22(32-17-9-7-6-8-10-17)12-11-20(29-18)23(25)21(31(4)26)15-28-24-27-14-13-19(30-24)16(2)3/h11-14,16-17H,5-10,15,25-26H2,1-4H3,(H,27,28,30)/b23-21-. The number of ether oxygens (including phenoxy) is 1. The predicted octanol–water partition coefficient (Wildman–Crippen LogP) is 3.81. The van der Waals surface area contributed by atoms with Crippen molar-refractivity contribution in [3.05, 3.63) is 47.2 Å². The van der Waals surface area contributed by atoms with E-state index in [1.54, 1.807) is 13.2 Å². The molecule has 0 bridgehead atoms. The maximum atomic E-state index is 6.51. The Bertz CT molecular complexity index is 920. The van der Waals surface area contributed by atoms with Gasteiger partial charge in [0.1, 0.15) is 5.75 Å². The van der Waals surface area contributed by atoms with Crippen LogP contribution in [-0.4, -0.2) is 39.7 Å². The van der Waals surface area contributed by atoms with Crippen molar-refractivity contribution in [3.63, 3.8) is 0 Å². The van der Waals surface area contributed by atoms with Crippen molar-refractivity contribution in [2.24, 2.45) is 11.6 Å². The van der Waals surface area contributed by atoms with E-state index in [2.05, 4.69) is 36.1 Å². The largest absolute Gasteiger partial charge is 0.489 e. The number of rotatable bonds is 9. The van der Waals surface area contributed by atoms with Crippen molar-refractivity contribution < 1.29 is 4.74 Å². The van der Waals surface area contributed by atoms with Crippen LogP contribution in [0.4, 0.5) is 5.95 Å². The molecule has 5 N–H and O–H groups in total. The highest BCUT2D eigenvalue weighted by atomic mass is 16.5. The third-order valence-electron chi connectivity index (χ3n) is 5.81. The topological polar surface area (TPSA) is 115 Å². The quantitative estimate of drug-likeness (QED) is 0.399. The summed E-state index contributed by atoms with van der Waals surface area (Å²) in [5.74, 6) is 7.83.